The van der Waals surface area contributed by atoms with Crippen molar-refractivity contribution in [1.29, 1.82) is 0 Å². The first kappa shape index (κ1) is 16.7. The Kier molecular flexibility index (Phi) is 7.25. The maximum atomic E-state index is 11.6. The van der Waals surface area contributed by atoms with Crippen LogP contribution >= 0.6 is 0 Å². The molecule has 0 fully saturated rings. The minimum Gasteiger partial charge on any atom is -0.369 e. The maximum absolute atomic E-state index is 11.6. The van der Waals surface area contributed by atoms with Gasteiger partial charge in [-0.2, -0.15) is 5.10 Å². The van der Waals surface area contributed by atoms with E-state index in [2.05, 4.69) is 29.2 Å². The molecule has 6 nitrogen and oxygen atoms in total. The summed E-state index contributed by atoms with van der Waals surface area (Å²) in [6.45, 7) is 12.0. The van der Waals surface area contributed by atoms with Gasteiger partial charge in [-0.25, -0.2) is 0 Å². The van der Waals surface area contributed by atoms with Crippen molar-refractivity contribution in [3.8, 4) is 0 Å². The highest BCUT2D eigenvalue weighted by Crippen LogP contribution is 2.05. The molecule has 114 valence electrons. The van der Waals surface area contributed by atoms with E-state index in [0.717, 1.165) is 26.2 Å². The standard InChI is InChI=1S/C14H26N4O2/c1-5-17(6-2)7-8-18-10-13(9-15-18)16-14(19)11-20-12(3)4/h9-10,12H,5-8,11H2,1-4H3,(H,16,19). The fraction of sp³-hybridized carbons (Fsp3) is 0.714. The minimum atomic E-state index is -0.151. The van der Waals surface area contributed by atoms with Gasteiger partial charge in [-0.15, -0.1) is 0 Å². The van der Waals surface area contributed by atoms with E-state index < -0.39 is 0 Å². The molecule has 0 unspecified atom stereocenters. The van der Waals surface area contributed by atoms with E-state index in [1.807, 2.05) is 24.7 Å². The van der Waals surface area contributed by atoms with Gasteiger partial charge in [0.25, 0.3) is 0 Å². The average molecular weight is 282 g/mol. The number of amides is 1. The van der Waals surface area contributed by atoms with E-state index in [0.29, 0.717) is 5.69 Å². The lowest BCUT2D eigenvalue weighted by molar-refractivity contribution is -0.121. The molecule has 0 aromatic carbocycles. The number of carbonyl (C=O) groups excluding carboxylic acids is 1. The van der Waals surface area contributed by atoms with Crippen LogP contribution in [0.5, 0.6) is 0 Å². The highest BCUT2D eigenvalue weighted by Gasteiger charge is 2.06. The summed E-state index contributed by atoms with van der Waals surface area (Å²) in [6.07, 6.45) is 3.56. The lowest BCUT2D eigenvalue weighted by Crippen LogP contribution is -2.27. The van der Waals surface area contributed by atoms with Crippen LogP contribution in [0.25, 0.3) is 0 Å². The summed E-state index contributed by atoms with van der Waals surface area (Å²) >= 11 is 0. The summed E-state index contributed by atoms with van der Waals surface area (Å²) in [5.41, 5.74) is 0.710. The summed E-state index contributed by atoms with van der Waals surface area (Å²) in [4.78, 5) is 13.9. The smallest absolute Gasteiger partial charge is 0.250 e. The van der Waals surface area contributed by atoms with E-state index in [9.17, 15) is 4.79 Å². The molecular weight excluding hydrogens is 256 g/mol. The Morgan fingerprint density at radius 2 is 2.15 bits per heavy atom. The van der Waals surface area contributed by atoms with E-state index >= 15 is 0 Å². The van der Waals surface area contributed by atoms with Crippen LogP contribution in [0.15, 0.2) is 12.4 Å². The zero-order chi connectivity index (χ0) is 15.0. The molecule has 6 heteroatoms. The van der Waals surface area contributed by atoms with Gasteiger partial charge in [0, 0.05) is 12.7 Å². The van der Waals surface area contributed by atoms with Gasteiger partial charge in [0.2, 0.25) is 5.91 Å². The van der Waals surface area contributed by atoms with Crippen molar-refractivity contribution in [2.45, 2.75) is 40.3 Å². The Bertz CT molecular complexity index is 400. The molecule has 0 radical (unpaired) electrons. The highest BCUT2D eigenvalue weighted by molar-refractivity contribution is 5.91. The summed E-state index contributed by atoms with van der Waals surface area (Å²) in [5, 5.41) is 7.01. The number of anilines is 1. The van der Waals surface area contributed by atoms with Gasteiger partial charge in [-0.3, -0.25) is 9.48 Å². The summed E-state index contributed by atoms with van der Waals surface area (Å²) in [7, 11) is 0. The molecule has 1 aromatic rings. The van der Waals surface area contributed by atoms with E-state index in [1.54, 1.807) is 6.20 Å². The van der Waals surface area contributed by atoms with Crippen LogP contribution < -0.4 is 5.32 Å². The van der Waals surface area contributed by atoms with Crippen LogP contribution in [0.1, 0.15) is 27.7 Å². The number of nitrogens with one attached hydrogen (secondary N) is 1. The van der Waals surface area contributed by atoms with Crippen LogP contribution in [-0.4, -0.2) is 52.9 Å². The summed E-state index contributed by atoms with van der Waals surface area (Å²) in [6, 6.07) is 0. The van der Waals surface area contributed by atoms with Crippen molar-refractivity contribution in [2.24, 2.45) is 0 Å². The molecule has 1 N–H and O–H groups in total. The number of carbonyl (C=O) groups is 1. The van der Waals surface area contributed by atoms with Crippen molar-refractivity contribution in [3.63, 3.8) is 0 Å². The third-order valence-electron chi connectivity index (χ3n) is 3.00. The molecule has 0 spiro atoms. The maximum Gasteiger partial charge on any atom is 0.250 e. The van der Waals surface area contributed by atoms with Crippen LogP contribution in [0, 0.1) is 0 Å². The van der Waals surface area contributed by atoms with E-state index in [4.69, 9.17) is 4.74 Å². The molecule has 0 aliphatic rings. The third-order valence-corrected chi connectivity index (χ3v) is 3.00. The molecule has 0 aliphatic heterocycles. The Morgan fingerprint density at radius 1 is 1.45 bits per heavy atom. The lowest BCUT2D eigenvalue weighted by Gasteiger charge is -2.17. The number of hydrogen-bond donors (Lipinski definition) is 1. The monoisotopic (exact) mass is 282 g/mol. The minimum absolute atomic E-state index is 0.0533. The largest absolute Gasteiger partial charge is 0.369 e. The summed E-state index contributed by atoms with van der Waals surface area (Å²) < 4.78 is 7.09. The number of nitrogens with zero attached hydrogens (tertiary/aromatic N) is 3. The zero-order valence-electron chi connectivity index (χ0n) is 12.9. The first-order chi connectivity index (χ1) is 9.55. The second kappa shape index (κ2) is 8.71. The fourth-order valence-corrected chi connectivity index (χ4v) is 1.77. The number of hydrogen-bond acceptors (Lipinski definition) is 4. The predicted molar refractivity (Wildman–Crippen MR) is 79.7 cm³/mol. The van der Waals surface area contributed by atoms with Gasteiger partial charge < -0.3 is 15.0 Å². The van der Waals surface area contributed by atoms with Crippen LogP contribution in [0.3, 0.4) is 0 Å². The molecule has 0 atom stereocenters. The van der Waals surface area contributed by atoms with Crippen LogP contribution in [0.2, 0.25) is 0 Å². The van der Waals surface area contributed by atoms with Crippen molar-refractivity contribution < 1.29 is 9.53 Å². The molecule has 0 saturated heterocycles. The molecular formula is C14H26N4O2. The first-order valence-corrected chi connectivity index (χ1v) is 7.21. The normalized spacial score (nSPS) is 11.3. The fourth-order valence-electron chi connectivity index (χ4n) is 1.77. The number of likely N-dealkylation sites (N-methyl/N-ethyl adjacent to an activating group) is 1. The molecule has 1 amide bonds. The average Bonchev–Trinajstić information content (AvgIpc) is 2.85. The molecule has 1 aromatic heterocycles. The Hall–Kier alpha value is -1.40. The molecule has 0 aliphatic carbocycles. The predicted octanol–water partition coefficient (Wildman–Crippen LogP) is 1.59. The van der Waals surface area contributed by atoms with Gasteiger partial charge in [-0.1, -0.05) is 13.8 Å². The van der Waals surface area contributed by atoms with Crippen LogP contribution in [0.4, 0.5) is 5.69 Å². The number of rotatable bonds is 9. The van der Waals surface area contributed by atoms with Crippen LogP contribution in [-0.2, 0) is 16.1 Å². The van der Waals surface area contributed by atoms with Crippen molar-refractivity contribution in [3.05, 3.63) is 12.4 Å². The summed E-state index contributed by atoms with van der Waals surface area (Å²) in [5.74, 6) is -0.151. The Labute approximate surface area is 121 Å². The molecule has 0 saturated carbocycles. The van der Waals surface area contributed by atoms with Crippen molar-refractivity contribution in [2.75, 3.05) is 31.6 Å². The van der Waals surface area contributed by atoms with Gasteiger partial charge in [0.05, 0.1) is 24.5 Å². The second-order valence-electron chi connectivity index (χ2n) is 4.93. The quantitative estimate of drug-likeness (QED) is 0.747. The van der Waals surface area contributed by atoms with Gasteiger partial charge in [0.1, 0.15) is 6.61 Å². The van der Waals surface area contributed by atoms with E-state index in [1.165, 1.54) is 0 Å². The highest BCUT2D eigenvalue weighted by atomic mass is 16.5. The number of ether oxygens (including phenoxy) is 1. The molecule has 1 rings (SSSR count). The van der Waals surface area contributed by atoms with Gasteiger partial charge >= 0.3 is 0 Å². The second-order valence-corrected chi connectivity index (χ2v) is 4.93. The Balaban J connectivity index is 2.37. The number of aromatic nitrogens is 2. The topological polar surface area (TPSA) is 59.4 Å². The molecule has 0 bridgehead atoms. The molecule has 1 heterocycles. The third kappa shape index (κ3) is 6.16. The van der Waals surface area contributed by atoms with Gasteiger partial charge in [0.15, 0.2) is 0 Å². The van der Waals surface area contributed by atoms with Crippen molar-refractivity contribution >= 4 is 11.6 Å². The van der Waals surface area contributed by atoms with Crippen molar-refractivity contribution in [1.82, 2.24) is 14.7 Å². The lowest BCUT2D eigenvalue weighted by atomic mass is 10.4. The SMILES string of the molecule is CCN(CC)CCn1cc(NC(=O)COC(C)C)cn1. The van der Waals surface area contributed by atoms with E-state index in [-0.39, 0.29) is 18.6 Å². The Morgan fingerprint density at radius 3 is 2.75 bits per heavy atom. The zero-order valence-corrected chi connectivity index (χ0v) is 12.9. The molecule has 20 heavy (non-hydrogen) atoms. The first-order valence-electron chi connectivity index (χ1n) is 7.21. The van der Waals surface area contributed by atoms with Gasteiger partial charge in [-0.05, 0) is 26.9 Å².